The zero-order valence-corrected chi connectivity index (χ0v) is 7.50. The Morgan fingerprint density at radius 2 is 2.18 bits per heavy atom. The van der Waals surface area contributed by atoms with Gasteiger partial charge in [0.15, 0.2) is 0 Å². The highest BCUT2D eigenvalue weighted by atomic mass is 16.2. The third-order valence-corrected chi connectivity index (χ3v) is 2.39. The predicted molar refractivity (Wildman–Crippen MR) is 44.3 cm³/mol. The lowest BCUT2D eigenvalue weighted by atomic mass is 10.1. The molecule has 0 aromatic rings. The van der Waals surface area contributed by atoms with Gasteiger partial charge in [0, 0.05) is 19.6 Å². The molecule has 0 aromatic carbocycles. The van der Waals surface area contributed by atoms with Crippen LogP contribution in [0.25, 0.3) is 0 Å². The molecule has 1 fully saturated rings. The molecule has 0 aliphatic carbocycles. The Bertz CT molecular complexity index is 158. The number of amides is 1. The summed E-state index contributed by atoms with van der Waals surface area (Å²) in [5, 5.41) is 0. The molecular formula is C8H16N2O. The number of hydrogen-bond donors (Lipinski definition) is 0. The minimum atomic E-state index is 0.234. The first-order valence-corrected chi connectivity index (χ1v) is 4.09. The van der Waals surface area contributed by atoms with Crippen LogP contribution in [0, 0.1) is 0 Å². The van der Waals surface area contributed by atoms with Crippen molar-refractivity contribution in [2.24, 2.45) is 0 Å². The lowest BCUT2D eigenvalue weighted by Crippen LogP contribution is -2.52. The zero-order chi connectivity index (χ0) is 8.43. The highest BCUT2D eigenvalue weighted by Crippen LogP contribution is 2.09. The maximum Gasteiger partial charge on any atom is 0.236 e. The van der Waals surface area contributed by atoms with E-state index in [1.165, 1.54) is 0 Å². The summed E-state index contributed by atoms with van der Waals surface area (Å²) in [6, 6.07) is 0.553. The largest absolute Gasteiger partial charge is 0.343 e. The number of likely N-dealkylation sites (N-methyl/N-ethyl adjacent to an activating group) is 2. The lowest BCUT2D eigenvalue weighted by molar-refractivity contribution is -0.135. The minimum absolute atomic E-state index is 0.234. The molecule has 1 atom stereocenters. The van der Waals surface area contributed by atoms with E-state index in [0.29, 0.717) is 12.6 Å². The molecule has 0 saturated carbocycles. The molecule has 0 aromatic heterocycles. The topological polar surface area (TPSA) is 23.6 Å². The van der Waals surface area contributed by atoms with Crippen molar-refractivity contribution in [3.63, 3.8) is 0 Å². The van der Waals surface area contributed by atoms with Crippen molar-refractivity contribution in [1.29, 1.82) is 0 Å². The molecular weight excluding hydrogens is 140 g/mol. The van der Waals surface area contributed by atoms with Gasteiger partial charge in [-0.2, -0.15) is 0 Å². The fourth-order valence-corrected chi connectivity index (χ4v) is 1.46. The van der Waals surface area contributed by atoms with E-state index < -0.39 is 0 Å². The fraction of sp³-hybridized carbons (Fsp3) is 0.875. The molecule has 3 heteroatoms. The van der Waals surface area contributed by atoms with Gasteiger partial charge in [0.25, 0.3) is 0 Å². The molecule has 0 bridgehead atoms. The third kappa shape index (κ3) is 1.71. The first-order valence-electron chi connectivity index (χ1n) is 4.09. The quantitative estimate of drug-likeness (QED) is 0.540. The Kier molecular flexibility index (Phi) is 2.49. The van der Waals surface area contributed by atoms with E-state index in [1.54, 1.807) is 0 Å². The third-order valence-electron chi connectivity index (χ3n) is 2.39. The van der Waals surface area contributed by atoms with E-state index in [4.69, 9.17) is 0 Å². The van der Waals surface area contributed by atoms with Crippen LogP contribution >= 0.6 is 0 Å². The predicted octanol–water partition coefficient (Wildman–Crippen LogP) is 0.169. The number of rotatable bonds is 1. The zero-order valence-electron chi connectivity index (χ0n) is 7.50. The average Bonchev–Trinajstić information content (AvgIpc) is 1.97. The van der Waals surface area contributed by atoms with Crippen molar-refractivity contribution in [2.45, 2.75) is 19.4 Å². The number of nitrogens with zero attached hydrogens (tertiary/aromatic N) is 2. The molecule has 1 rings (SSSR count). The maximum atomic E-state index is 11.2. The highest BCUT2D eigenvalue weighted by molar-refractivity contribution is 5.78. The molecule has 3 nitrogen and oxygen atoms in total. The van der Waals surface area contributed by atoms with Gasteiger partial charge < -0.3 is 4.90 Å². The normalized spacial score (nSPS) is 27.7. The van der Waals surface area contributed by atoms with E-state index in [1.807, 2.05) is 19.0 Å². The maximum absolute atomic E-state index is 11.2. The molecule has 11 heavy (non-hydrogen) atoms. The molecule has 0 N–H and O–H groups in total. The van der Waals surface area contributed by atoms with Crippen molar-refractivity contribution < 1.29 is 4.79 Å². The molecule has 0 spiro atoms. The first-order chi connectivity index (χ1) is 5.15. The van der Waals surface area contributed by atoms with Crippen LogP contribution in [0.5, 0.6) is 0 Å². The van der Waals surface area contributed by atoms with Gasteiger partial charge in [-0.05, 0) is 13.5 Å². The molecule has 1 heterocycles. The van der Waals surface area contributed by atoms with Crippen LogP contribution in [-0.4, -0.2) is 48.9 Å². The number of carbonyl (C=O) groups excluding carboxylic acids is 1. The minimum Gasteiger partial charge on any atom is -0.343 e. The van der Waals surface area contributed by atoms with Gasteiger partial charge in [0.2, 0.25) is 5.91 Å². The SMILES string of the molecule is CC[C@@H]1CN(C)C(=O)CN1C. The summed E-state index contributed by atoms with van der Waals surface area (Å²) in [7, 11) is 3.89. The summed E-state index contributed by atoms with van der Waals surface area (Å²) >= 11 is 0. The van der Waals surface area contributed by atoms with Gasteiger partial charge in [-0.3, -0.25) is 9.69 Å². The Morgan fingerprint density at radius 1 is 1.55 bits per heavy atom. The Balaban J connectivity index is 2.54. The molecule has 1 aliphatic heterocycles. The summed E-state index contributed by atoms with van der Waals surface area (Å²) in [4.78, 5) is 15.1. The molecule has 64 valence electrons. The summed E-state index contributed by atoms with van der Waals surface area (Å²) in [5.74, 6) is 0.234. The Hall–Kier alpha value is -0.570. The van der Waals surface area contributed by atoms with Gasteiger partial charge in [-0.1, -0.05) is 6.92 Å². The summed E-state index contributed by atoms with van der Waals surface area (Å²) in [5.41, 5.74) is 0. The fourth-order valence-electron chi connectivity index (χ4n) is 1.46. The van der Waals surface area contributed by atoms with Crippen LogP contribution in [-0.2, 0) is 4.79 Å². The van der Waals surface area contributed by atoms with Gasteiger partial charge in [0.1, 0.15) is 0 Å². The molecule has 1 amide bonds. The monoisotopic (exact) mass is 156 g/mol. The van der Waals surface area contributed by atoms with Gasteiger partial charge in [-0.25, -0.2) is 0 Å². The lowest BCUT2D eigenvalue weighted by Gasteiger charge is -2.36. The van der Waals surface area contributed by atoms with Crippen molar-refractivity contribution in [2.75, 3.05) is 27.2 Å². The second kappa shape index (κ2) is 3.22. The van der Waals surface area contributed by atoms with Gasteiger partial charge in [0.05, 0.1) is 6.54 Å². The Labute approximate surface area is 68.0 Å². The second-order valence-corrected chi connectivity index (χ2v) is 3.25. The Morgan fingerprint density at radius 3 is 2.73 bits per heavy atom. The molecule has 1 aliphatic rings. The standard InChI is InChI=1S/C8H16N2O/c1-4-7-5-10(3)8(11)6-9(7)2/h7H,4-6H2,1-3H3/t7-/m1/s1. The smallest absolute Gasteiger partial charge is 0.236 e. The van der Waals surface area contributed by atoms with Crippen molar-refractivity contribution in [3.8, 4) is 0 Å². The van der Waals surface area contributed by atoms with Crippen LogP contribution in [0.4, 0.5) is 0 Å². The number of carbonyl (C=O) groups is 1. The van der Waals surface area contributed by atoms with E-state index in [2.05, 4.69) is 11.8 Å². The number of hydrogen-bond acceptors (Lipinski definition) is 2. The van der Waals surface area contributed by atoms with Crippen LogP contribution < -0.4 is 0 Å². The van der Waals surface area contributed by atoms with Gasteiger partial charge in [-0.15, -0.1) is 0 Å². The average molecular weight is 156 g/mol. The van der Waals surface area contributed by atoms with E-state index in [9.17, 15) is 4.79 Å². The second-order valence-electron chi connectivity index (χ2n) is 3.25. The molecule has 0 radical (unpaired) electrons. The van der Waals surface area contributed by atoms with Crippen LogP contribution in [0.1, 0.15) is 13.3 Å². The van der Waals surface area contributed by atoms with Crippen LogP contribution in [0.3, 0.4) is 0 Å². The summed E-state index contributed by atoms with van der Waals surface area (Å²) < 4.78 is 0. The van der Waals surface area contributed by atoms with Crippen LogP contribution in [0.15, 0.2) is 0 Å². The van der Waals surface area contributed by atoms with Crippen molar-refractivity contribution in [3.05, 3.63) is 0 Å². The van der Waals surface area contributed by atoms with E-state index >= 15 is 0 Å². The van der Waals surface area contributed by atoms with E-state index in [-0.39, 0.29) is 5.91 Å². The number of piperazine rings is 1. The molecule has 1 saturated heterocycles. The van der Waals surface area contributed by atoms with Crippen molar-refractivity contribution >= 4 is 5.91 Å². The first kappa shape index (κ1) is 8.53. The van der Waals surface area contributed by atoms with Gasteiger partial charge >= 0.3 is 0 Å². The molecule has 0 unspecified atom stereocenters. The van der Waals surface area contributed by atoms with E-state index in [0.717, 1.165) is 13.0 Å². The summed E-state index contributed by atoms with van der Waals surface area (Å²) in [6.07, 6.45) is 1.12. The highest BCUT2D eigenvalue weighted by Gasteiger charge is 2.25. The van der Waals surface area contributed by atoms with Crippen molar-refractivity contribution in [1.82, 2.24) is 9.80 Å². The summed E-state index contributed by atoms with van der Waals surface area (Å²) in [6.45, 7) is 3.62. The van der Waals surface area contributed by atoms with Crippen LogP contribution in [0.2, 0.25) is 0 Å².